The van der Waals surface area contributed by atoms with E-state index in [1.807, 2.05) is 30.3 Å². The van der Waals surface area contributed by atoms with Gasteiger partial charge in [0.2, 0.25) is 5.91 Å². The highest BCUT2D eigenvalue weighted by Gasteiger charge is 2.38. The van der Waals surface area contributed by atoms with Crippen molar-refractivity contribution in [3.05, 3.63) is 48.4 Å². The monoisotopic (exact) mass is 356 g/mol. The van der Waals surface area contributed by atoms with Gasteiger partial charge in [-0.2, -0.15) is 0 Å². The van der Waals surface area contributed by atoms with Crippen LogP contribution in [0.15, 0.2) is 42.9 Å². The minimum Gasteiger partial charge on any atom is -0.497 e. The lowest BCUT2D eigenvalue weighted by molar-refractivity contribution is -0.126. The third kappa shape index (κ3) is 4.29. The van der Waals surface area contributed by atoms with Gasteiger partial charge in [0.15, 0.2) is 0 Å². The summed E-state index contributed by atoms with van der Waals surface area (Å²) in [5, 5.41) is 3.04. The van der Waals surface area contributed by atoms with E-state index in [4.69, 9.17) is 9.47 Å². The van der Waals surface area contributed by atoms with Gasteiger partial charge >= 0.3 is 0 Å². The van der Waals surface area contributed by atoms with Crippen LogP contribution < -0.4 is 15.0 Å². The van der Waals surface area contributed by atoms with Crippen LogP contribution in [0.5, 0.6) is 5.75 Å². The number of aromatic nitrogens is 2. The molecule has 1 aromatic carbocycles. The fourth-order valence-electron chi connectivity index (χ4n) is 3.27. The molecular weight excluding hydrogens is 332 g/mol. The van der Waals surface area contributed by atoms with Crippen LogP contribution in [-0.4, -0.2) is 49.8 Å². The fourth-order valence-corrected chi connectivity index (χ4v) is 3.27. The Kier molecular flexibility index (Phi) is 6.01. The van der Waals surface area contributed by atoms with Gasteiger partial charge < -0.3 is 19.7 Å². The molecule has 1 saturated heterocycles. The molecule has 26 heavy (non-hydrogen) atoms. The average molecular weight is 356 g/mol. The molecule has 1 amide bonds. The zero-order valence-electron chi connectivity index (χ0n) is 15.1. The molecule has 0 saturated carbocycles. The molecule has 1 aromatic heterocycles. The van der Waals surface area contributed by atoms with Gasteiger partial charge in [-0.15, -0.1) is 0 Å². The van der Waals surface area contributed by atoms with Gasteiger partial charge in [-0.1, -0.05) is 12.1 Å². The summed E-state index contributed by atoms with van der Waals surface area (Å²) in [6.07, 6.45) is 3.24. The van der Waals surface area contributed by atoms with Crippen molar-refractivity contribution in [1.82, 2.24) is 15.3 Å². The van der Waals surface area contributed by atoms with Crippen LogP contribution in [0.3, 0.4) is 0 Å². The molecule has 7 nitrogen and oxygen atoms in total. The first-order valence-corrected chi connectivity index (χ1v) is 8.61. The third-order valence-electron chi connectivity index (χ3n) is 4.67. The summed E-state index contributed by atoms with van der Waals surface area (Å²) >= 11 is 0. The molecule has 1 N–H and O–H groups in total. The van der Waals surface area contributed by atoms with Crippen molar-refractivity contribution >= 4 is 11.7 Å². The molecular formula is C19H24N4O3. The highest BCUT2D eigenvalue weighted by Crippen LogP contribution is 2.27. The van der Waals surface area contributed by atoms with Gasteiger partial charge in [0.1, 0.15) is 17.9 Å². The Morgan fingerprint density at radius 2 is 2.04 bits per heavy atom. The average Bonchev–Trinajstić information content (AvgIpc) is 3.11. The van der Waals surface area contributed by atoms with Crippen LogP contribution in [-0.2, 0) is 16.1 Å². The lowest BCUT2D eigenvalue weighted by Crippen LogP contribution is -2.36. The summed E-state index contributed by atoms with van der Waals surface area (Å²) in [7, 11) is 3.30. The lowest BCUT2D eigenvalue weighted by atomic mass is 9.96. The van der Waals surface area contributed by atoms with E-state index < -0.39 is 0 Å². The Bertz CT molecular complexity index is 708. The topological polar surface area (TPSA) is 76.6 Å². The molecule has 2 aromatic rings. The smallest absolute Gasteiger partial charge is 0.225 e. The van der Waals surface area contributed by atoms with Crippen molar-refractivity contribution in [3.8, 4) is 5.75 Å². The van der Waals surface area contributed by atoms with Gasteiger partial charge in [0.05, 0.1) is 19.6 Å². The van der Waals surface area contributed by atoms with Gasteiger partial charge in [0.25, 0.3) is 0 Å². The number of hydrogen-bond acceptors (Lipinski definition) is 6. The van der Waals surface area contributed by atoms with Crippen molar-refractivity contribution in [3.63, 3.8) is 0 Å². The molecule has 0 bridgehead atoms. The molecule has 1 fully saturated rings. The summed E-state index contributed by atoms with van der Waals surface area (Å²) in [6, 6.07) is 9.55. The number of carbonyl (C=O) groups is 1. The molecule has 7 heteroatoms. The predicted octanol–water partition coefficient (Wildman–Crippen LogP) is 1.50. The summed E-state index contributed by atoms with van der Waals surface area (Å²) < 4.78 is 10.5. The molecule has 3 rings (SSSR count). The number of benzene rings is 1. The normalized spacial score (nSPS) is 19.4. The van der Waals surface area contributed by atoms with E-state index in [2.05, 4.69) is 20.2 Å². The van der Waals surface area contributed by atoms with Crippen molar-refractivity contribution in [2.24, 2.45) is 11.8 Å². The standard InChI is InChI=1S/C19H24N4O3/c1-25-12-15-10-23(18-7-8-20-13-22-18)11-17(15)19(24)21-9-14-3-5-16(26-2)6-4-14/h3-8,13,15,17H,9-12H2,1-2H3,(H,21,24)/t15-,17+/m0/s1. The molecule has 138 valence electrons. The first-order chi connectivity index (χ1) is 12.7. The molecule has 0 aliphatic carbocycles. The van der Waals surface area contributed by atoms with Gasteiger partial charge in [0, 0.05) is 38.9 Å². The molecule has 2 heterocycles. The first-order valence-electron chi connectivity index (χ1n) is 8.61. The summed E-state index contributed by atoms with van der Waals surface area (Å²) in [6.45, 7) is 2.40. The maximum Gasteiger partial charge on any atom is 0.225 e. The number of nitrogens with one attached hydrogen (secondary N) is 1. The Balaban J connectivity index is 1.62. The fraction of sp³-hybridized carbons (Fsp3) is 0.421. The largest absolute Gasteiger partial charge is 0.497 e. The second-order valence-corrected chi connectivity index (χ2v) is 6.36. The van der Waals surface area contributed by atoms with Crippen LogP contribution in [0, 0.1) is 11.8 Å². The van der Waals surface area contributed by atoms with Crippen molar-refractivity contribution in [2.45, 2.75) is 6.54 Å². The van der Waals surface area contributed by atoms with E-state index in [0.29, 0.717) is 19.7 Å². The number of ether oxygens (including phenoxy) is 2. The minimum absolute atomic E-state index is 0.0411. The number of nitrogens with zero attached hydrogens (tertiary/aromatic N) is 3. The zero-order chi connectivity index (χ0) is 18.4. The van der Waals surface area contributed by atoms with Gasteiger partial charge in [-0.25, -0.2) is 9.97 Å². The van der Waals surface area contributed by atoms with Gasteiger partial charge in [-0.3, -0.25) is 4.79 Å². The highest BCUT2D eigenvalue weighted by atomic mass is 16.5. The second-order valence-electron chi connectivity index (χ2n) is 6.36. The number of anilines is 1. The maximum absolute atomic E-state index is 12.8. The van der Waals surface area contributed by atoms with E-state index in [0.717, 1.165) is 23.7 Å². The zero-order valence-corrected chi connectivity index (χ0v) is 15.1. The molecule has 0 radical (unpaired) electrons. The Labute approximate surface area is 153 Å². The SMILES string of the molecule is COC[C@@H]1CN(c2ccncn2)C[C@H]1C(=O)NCc1ccc(OC)cc1. The lowest BCUT2D eigenvalue weighted by Gasteiger charge is -2.17. The number of amides is 1. The second kappa shape index (κ2) is 8.62. The molecule has 1 aliphatic heterocycles. The summed E-state index contributed by atoms with van der Waals surface area (Å²) in [4.78, 5) is 23.1. The number of carbonyl (C=O) groups excluding carboxylic acids is 1. The van der Waals surface area contributed by atoms with E-state index in [1.165, 1.54) is 6.33 Å². The van der Waals surface area contributed by atoms with E-state index in [9.17, 15) is 4.79 Å². The Morgan fingerprint density at radius 3 is 2.69 bits per heavy atom. The highest BCUT2D eigenvalue weighted by molar-refractivity contribution is 5.80. The van der Waals surface area contributed by atoms with Crippen molar-refractivity contribution < 1.29 is 14.3 Å². The van der Waals surface area contributed by atoms with E-state index in [1.54, 1.807) is 20.4 Å². The van der Waals surface area contributed by atoms with Crippen molar-refractivity contribution in [2.75, 3.05) is 38.8 Å². The third-order valence-corrected chi connectivity index (χ3v) is 4.67. The summed E-state index contributed by atoms with van der Waals surface area (Å²) in [5.41, 5.74) is 1.04. The van der Waals surface area contributed by atoms with E-state index in [-0.39, 0.29) is 17.7 Å². The van der Waals surface area contributed by atoms with Crippen LogP contribution in [0.1, 0.15) is 5.56 Å². The maximum atomic E-state index is 12.8. The first kappa shape index (κ1) is 18.1. The Hall–Kier alpha value is -2.67. The Morgan fingerprint density at radius 1 is 1.23 bits per heavy atom. The molecule has 0 spiro atoms. The molecule has 2 atom stereocenters. The van der Waals surface area contributed by atoms with Crippen LogP contribution in [0.25, 0.3) is 0 Å². The molecule has 1 aliphatic rings. The van der Waals surface area contributed by atoms with Crippen LogP contribution in [0.4, 0.5) is 5.82 Å². The van der Waals surface area contributed by atoms with Crippen molar-refractivity contribution in [1.29, 1.82) is 0 Å². The number of hydrogen-bond donors (Lipinski definition) is 1. The quantitative estimate of drug-likeness (QED) is 0.810. The van der Waals surface area contributed by atoms with Gasteiger partial charge in [-0.05, 0) is 23.8 Å². The van der Waals surface area contributed by atoms with Crippen LogP contribution >= 0.6 is 0 Å². The predicted molar refractivity (Wildman–Crippen MR) is 97.9 cm³/mol. The molecule has 0 unspecified atom stereocenters. The summed E-state index contributed by atoms with van der Waals surface area (Å²) in [5.74, 6) is 1.68. The van der Waals surface area contributed by atoms with E-state index >= 15 is 0 Å². The minimum atomic E-state index is -0.136. The number of rotatable bonds is 7. The van der Waals surface area contributed by atoms with Crippen LogP contribution in [0.2, 0.25) is 0 Å². The number of methoxy groups -OCH3 is 2.